The molecule has 21 heavy (non-hydrogen) atoms. The SMILES string of the molecule is CCn1ncc(OC)c1C(O)c1cccc(C(F)(F)F)c1. The van der Waals surface area contributed by atoms with Crippen molar-refractivity contribution in [2.24, 2.45) is 0 Å². The fourth-order valence-electron chi connectivity index (χ4n) is 2.11. The van der Waals surface area contributed by atoms with E-state index in [0.29, 0.717) is 18.0 Å². The third kappa shape index (κ3) is 3.02. The van der Waals surface area contributed by atoms with Crippen LogP contribution >= 0.6 is 0 Å². The number of ether oxygens (including phenoxy) is 1. The van der Waals surface area contributed by atoms with Crippen LogP contribution in [-0.4, -0.2) is 22.0 Å². The van der Waals surface area contributed by atoms with Crippen molar-refractivity contribution in [3.63, 3.8) is 0 Å². The number of alkyl halides is 3. The molecule has 2 aromatic rings. The number of methoxy groups -OCH3 is 1. The maximum absolute atomic E-state index is 12.7. The van der Waals surface area contributed by atoms with E-state index in [1.807, 2.05) is 6.92 Å². The Balaban J connectivity index is 2.45. The number of hydrogen-bond acceptors (Lipinski definition) is 3. The predicted octanol–water partition coefficient (Wildman–Crippen LogP) is 3.01. The van der Waals surface area contributed by atoms with Crippen molar-refractivity contribution < 1.29 is 23.0 Å². The zero-order valence-electron chi connectivity index (χ0n) is 11.6. The molecule has 0 bridgehead atoms. The number of aliphatic hydroxyl groups is 1. The van der Waals surface area contributed by atoms with Gasteiger partial charge in [-0.05, 0) is 24.6 Å². The van der Waals surface area contributed by atoms with Gasteiger partial charge < -0.3 is 9.84 Å². The second kappa shape index (κ2) is 5.77. The summed E-state index contributed by atoms with van der Waals surface area (Å²) in [6, 6.07) is 4.59. The molecule has 0 fully saturated rings. The van der Waals surface area contributed by atoms with E-state index in [1.165, 1.54) is 30.1 Å². The molecule has 7 heteroatoms. The standard InChI is InChI=1S/C14H15F3N2O2/c1-3-19-12(11(21-2)8-18-19)13(20)9-5-4-6-10(7-9)14(15,16)17/h4-8,13,20H,3H2,1-2H3. The monoisotopic (exact) mass is 300 g/mol. The number of nitrogens with zero attached hydrogens (tertiary/aromatic N) is 2. The van der Waals surface area contributed by atoms with Gasteiger partial charge in [-0.3, -0.25) is 4.68 Å². The lowest BCUT2D eigenvalue weighted by molar-refractivity contribution is -0.137. The second-order valence-electron chi connectivity index (χ2n) is 4.44. The Morgan fingerprint density at radius 3 is 2.67 bits per heavy atom. The zero-order chi connectivity index (χ0) is 15.6. The third-order valence-electron chi connectivity index (χ3n) is 3.15. The summed E-state index contributed by atoms with van der Waals surface area (Å²) in [6.45, 7) is 2.28. The van der Waals surface area contributed by atoms with E-state index in [4.69, 9.17) is 4.74 Å². The smallest absolute Gasteiger partial charge is 0.416 e. The van der Waals surface area contributed by atoms with Gasteiger partial charge in [-0.1, -0.05) is 12.1 Å². The fraction of sp³-hybridized carbons (Fsp3) is 0.357. The highest BCUT2D eigenvalue weighted by atomic mass is 19.4. The number of benzene rings is 1. The summed E-state index contributed by atoms with van der Waals surface area (Å²) in [7, 11) is 1.42. The quantitative estimate of drug-likeness (QED) is 0.944. The van der Waals surface area contributed by atoms with Crippen molar-refractivity contribution in [2.75, 3.05) is 7.11 Å². The molecule has 0 saturated heterocycles. The van der Waals surface area contributed by atoms with E-state index in [9.17, 15) is 18.3 Å². The maximum atomic E-state index is 12.7. The van der Waals surface area contributed by atoms with Gasteiger partial charge >= 0.3 is 6.18 Å². The van der Waals surface area contributed by atoms with Crippen molar-refractivity contribution in [3.8, 4) is 5.75 Å². The molecular weight excluding hydrogens is 285 g/mol. The summed E-state index contributed by atoms with van der Waals surface area (Å²) in [6.07, 6.45) is -4.27. The fourth-order valence-corrected chi connectivity index (χ4v) is 2.11. The molecule has 1 atom stereocenters. The lowest BCUT2D eigenvalue weighted by Crippen LogP contribution is -2.12. The van der Waals surface area contributed by atoms with Gasteiger partial charge in [-0.15, -0.1) is 0 Å². The van der Waals surface area contributed by atoms with Crippen LogP contribution in [0.15, 0.2) is 30.5 Å². The summed E-state index contributed by atoms with van der Waals surface area (Å²) in [4.78, 5) is 0. The summed E-state index contributed by atoms with van der Waals surface area (Å²) >= 11 is 0. The Hall–Kier alpha value is -2.02. The van der Waals surface area contributed by atoms with Crippen LogP contribution in [0.3, 0.4) is 0 Å². The normalized spacial score (nSPS) is 13.2. The van der Waals surface area contributed by atoms with Crippen LogP contribution in [0.4, 0.5) is 13.2 Å². The molecule has 1 unspecified atom stereocenters. The van der Waals surface area contributed by atoms with E-state index in [-0.39, 0.29) is 5.56 Å². The molecule has 1 N–H and O–H groups in total. The molecule has 0 aliphatic rings. The van der Waals surface area contributed by atoms with E-state index in [1.54, 1.807) is 0 Å². The van der Waals surface area contributed by atoms with Gasteiger partial charge in [0.15, 0.2) is 5.75 Å². The lowest BCUT2D eigenvalue weighted by atomic mass is 10.0. The van der Waals surface area contributed by atoms with Crippen molar-refractivity contribution in [2.45, 2.75) is 25.7 Å². The Morgan fingerprint density at radius 2 is 2.10 bits per heavy atom. The van der Waals surface area contributed by atoms with E-state index in [2.05, 4.69) is 5.10 Å². The van der Waals surface area contributed by atoms with Gasteiger partial charge in [0.05, 0.1) is 18.9 Å². The van der Waals surface area contributed by atoms with Crippen molar-refractivity contribution in [3.05, 3.63) is 47.3 Å². The summed E-state index contributed by atoms with van der Waals surface area (Å²) in [5, 5.41) is 14.4. The van der Waals surface area contributed by atoms with Crippen molar-refractivity contribution in [1.29, 1.82) is 0 Å². The Kier molecular flexibility index (Phi) is 4.22. The minimum absolute atomic E-state index is 0.137. The van der Waals surface area contributed by atoms with Gasteiger partial charge in [0.25, 0.3) is 0 Å². The van der Waals surface area contributed by atoms with Gasteiger partial charge in [0, 0.05) is 6.54 Å². The zero-order valence-corrected chi connectivity index (χ0v) is 11.6. The summed E-state index contributed by atoms with van der Waals surface area (Å²) in [5.74, 6) is 0.335. The molecule has 0 aliphatic heterocycles. The van der Waals surface area contributed by atoms with Crippen LogP contribution in [0.1, 0.15) is 29.8 Å². The average Bonchev–Trinajstić information content (AvgIpc) is 2.88. The minimum atomic E-state index is -4.45. The highest BCUT2D eigenvalue weighted by Gasteiger charge is 2.31. The first-order valence-electron chi connectivity index (χ1n) is 6.33. The van der Waals surface area contributed by atoms with Crippen molar-refractivity contribution in [1.82, 2.24) is 9.78 Å². The van der Waals surface area contributed by atoms with Gasteiger partial charge in [0.2, 0.25) is 0 Å². The highest BCUT2D eigenvalue weighted by molar-refractivity contribution is 5.37. The molecule has 114 valence electrons. The van der Waals surface area contributed by atoms with Gasteiger partial charge in [-0.2, -0.15) is 18.3 Å². The Bertz CT molecular complexity index is 601. The molecule has 0 aliphatic carbocycles. The second-order valence-corrected chi connectivity index (χ2v) is 4.44. The average molecular weight is 300 g/mol. The Morgan fingerprint density at radius 1 is 1.38 bits per heavy atom. The Labute approximate surface area is 119 Å². The molecule has 0 amide bonds. The molecule has 1 heterocycles. The van der Waals surface area contributed by atoms with Crippen LogP contribution in [0.5, 0.6) is 5.75 Å². The highest BCUT2D eigenvalue weighted by Crippen LogP contribution is 2.34. The van der Waals surface area contributed by atoms with Crippen LogP contribution in [-0.2, 0) is 12.7 Å². The molecule has 1 aromatic carbocycles. The van der Waals surface area contributed by atoms with Gasteiger partial charge in [0.1, 0.15) is 11.8 Å². The predicted molar refractivity (Wildman–Crippen MR) is 70.0 cm³/mol. The van der Waals surface area contributed by atoms with E-state index >= 15 is 0 Å². The first kappa shape index (κ1) is 15.4. The molecular formula is C14H15F3N2O2. The molecule has 0 saturated carbocycles. The molecule has 0 spiro atoms. The van der Waals surface area contributed by atoms with E-state index in [0.717, 1.165) is 12.1 Å². The number of aromatic nitrogens is 2. The van der Waals surface area contributed by atoms with Gasteiger partial charge in [-0.25, -0.2) is 0 Å². The van der Waals surface area contributed by atoms with Crippen LogP contribution < -0.4 is 4.74 Å². The summed E-state index contributed by atoms with van der Waals surface area (Å²) in [5.41, 5.74) is -0.335. The maximum Gasteiger partial charge on any atom is 0.416 e. The third-order valence-corrected chi connectivity index (χ3v) is 3.15. The topological polar surface area (TPSA) is 47.3 Å². The largest absolute Gasteiger partial charge is 0.493 e. The van der Waals surface area contributed by atoms with E-state index < -0.39 is 17.8 Å². The molecule has 1 aromatic heterocycles. The molecule has 0 radical (unpaired) electrons. The van der Waals surface area contributed by atoms with Crippen LogP contribution in [0.25, 0.3) is 0 Å². The number of aliphatic hydroxyl groups excluding tert-OH is 1. The first-order valence-corrected chi connectivity index (χ1v) is 6.33. The molecule has 4 nitrogen and oxygen atoms in total. The van der Waals surface area contributed by atoms with Crippen LogP contribution in [0, 0.1) is 0 Å². The van der Waals surface area contributed by atoms with Crippen LogP contribution in [0.2, 0.25) is 0 Å². The number of rotatable bonds is 4. The summed E-state index contributed by atoms with van der Waals surface area (Å²) < 4.78 is 44.8. The lowest BCUT2D eigenvalue weighted by Gasteiger charge is -2.16. The number of aryl methyl sites for hydroxylation is 1. The molecule has 2 rings (SSSR count). The van der Waals surface area contributed by atoms with Crippen molar-refractivity contribution >= 4 is 0 Å². The first-order chi connectivity index (χ1) is 9.88. The number of hydrogen-bond donors (Lipinski definition) is 1. The number of halogens is 3. The minimum Gasteiger partial charge on any atom is -0.493 e.